The molecule has 0 radical (unpaired) electrons. The lowest BCUT2D eigenvalue weighted by molar-refractivity contribution is -0.265. The topological polar surface area (TPSA) is 119 Å². The number of ether oxygens (including phenoxy) is 3. The molecule has 3 atom stereocenters. The van der Waals surface area contributed by atoms with Crippen molar-refractivity contribution in [2.75, 3.05) is 26.9 Å². The number of nitrogens with zero attached hydrogens (tertiary/aromatic N) is 4. The molecule has 1 aliphatic rings. The first-order chi connectivity index (χ1) is 18.7. The largest absolute Gasteiger partial charge is 0.444 e. The van der Waals surface area contributed by atoms with Crippen LogP contribution in [0.4, 0.5) is 35.9 Å². The fourth-order valence-electron chi connectivity index (χ4n) is 3.82. The highest BCUT2D eigenvalue weighted by molar-refractivity contribution is 5.77. The summed E-state index contributed by atoms with van der Waals surface area (Å²) in [5, 5.41) is 8.55. The fourth-order valence-corrected chi connectivity index (χ4v) is 3.82. The number of carbonyl (C=O) groups is 2. The van der Waals surface area contributed by atoms with Crippen LogP contribution in [0.15, 0.2) is 18.5 Å². The van der Waals surface area contributed by atoms with Crippen LogP contribution in [-0.4, -0.2) is 88.1 Å². The SMILES string of the molecule is COC[C@H](c1cnn2cc([C@H](COC(C)(C)C(F)(F)F)NC(=O)OC(C)(C)C)nc2c1)N1C[C@@H](C(F)(F)F)NC1=O. The minimum Gasteiger partial charge on any atom is -0.444 e. The number of fused-ring (bicyclic) bond motifs is 1. The van der Waals surface area contributed by atoms with E-state index in [1.54, 1.807) is 20.8 Å². The van der Waals surface area contributed by atoms with E-state index in [9.17, 15) is 35.9 Å². The number of alkyl halides is 6. The smallest absolute Gasteiger partial charge is 0.416 e. The molecular weight excluding hydrogens is 566 g/mol. The van der Waals surface area contributed by atoms with Crippen molar-refractivity contribution < 1.29 is 50.1 Å². The zero-order chi connectivity index (χ0) is 31.0. The third-order valence-corrected chi connectivity index (χ3v) is 6.12. The Morgan fingerprint density at radius 3 is 2.34 bits per heavy atom. The maximum Gasteiger partial charge on any atom is 0.416 e. The number of halogens is 6. The number of methoxy groups -OCH3 is 1. The van der Waals surface area contributed by atoms with Gasteiger partial charge in [-0.25, -0.2) is 19.1 Å². The van der Waals surface area contributed by atoms with E-state index < -0.39 is 67.0 Å². The number of imidazole rings is 1. The molecule has 0 aliphatic carbocycles. The number of rotatable bonds is 9. The molecule has 0 spiro atoms. The van der Waals surface area contributed by atoms with Crippen LogP contribution >= 0.6 is 0 Å². The molecule has 1 saturated heterocycles. The van der Waals surface area contributed by atoms with E-state index in [4.69, 9.17) is 14.2 Å². The van der Waals surface area contributed by atoms with Crippen molar-refractivity contribution in [1.82, 2.24) is 30.1 Å². The number of amides is 3. The second kappa shape index (κ2) is 11.5. The summed E-state index contributed by atoms with van der Waals surface area (Å²) in [7, 11) is 1.32. The molecule has 2 aromatic heterocycles. The lowest BCUT2D eigenvalue weighted by Gasteiger charge is -2.30. The molecular formula is C24H32F6N6O5. The van der Waals surface area contributed by atoms with Crippen molar-refractivity contribution in [3.63, 3.8) is 0 Å². The Balaban J connectivity index is 1.93. The fraction of sp³-hybridized carbons (Fsp3) is 0.667. The molecule has 1 aliphatic heterocycles. The van der Waals surface area contributed by atoms with Crippen molar-refractivity contribution in [3.8, 4) is 0 Å². The van der Waals surface area contributed by atoms with Gasteiger partial charge in [0.05, 0.1) is 49.9 Å². The molecule has 230 valence electrons. The number of hydrogen-bond acceptors (Lipinski definition) is 7. The number of hydrogen-bond donors (Lipinski definition) is 2. The third kappa shape index (κ3) is 7.90. The van der Waals surface area contributed by atoms with Gasteiger partial charge in [-0.05, 0) is 40.7 Å². The second-order valence-electron chi connectivity index (χ2n) is 10.9. The highest BCUT2D eigenvalue weighted by Gasteiger charge is 2.50. The number of urea groups is 1. The minimum atomic E-state index is -4.71. The summed E-state index contributed by atoms with van der Waals surface area (Å²) in [6.07, 6.45) is -7.64. The molecule has 17 heteroatoms. The zero-order valence-electron chi connectivity index (χ0n) is 23.2. The highest BCUT2D eigenvalue weighted by atomic mass is 19.4. The van der Waals surface area contributed by atoms with Crippen molar-refractivity contribution in [2.45, 2.75) is 76.3 Å². The molecule has 3 amide bonds. The van der Waals surface area contributed by atoms with Gasteiger partial charge >= 0.3 is 24.5 Å². The van der Waals surface area contributed by atoms with Crippen LogP contribution in [-0.2, 0) is 14.2 Å². The standard InChI is InChI=1S/C24H32F6N6O5/c1-21(2,3)41-20(38)33-15(11-40-22(4,5)24(28,29)30)14-9-36-18(32-14)7-13(8-31-36)16(12-39-6)35-10-17(23(25,26)27)34-19(35)37/h7-9,15-17H,10-12H2,1-6H3,(H,33,38)(H,34,37)/t15-,16+,17-/m0/s1. The van der Waals surface area contributed by atoms with Gasteiger partial charge in [-0.2, -0.15) is 31.4 Å². The van der Waals surface area contributed by atoms with Crippen molar-refractivity contribution in [1.29, 1.82) is 0 Å². The van der Waals surface area contributed by atoms with Gasteiger partial charge < -0.3 is 29.7 Å². The molecule has 0 bridgehead atoms. The Hall–Kier alpha value is -3.34. The molecule has 0 unspecified atom stereocenters. The Bertz CT molecular complexity index is 1240. The average Bonchev–Trinajstić information content (AvgIpc) is 3.41. The summed E-state index contributed by atoms with van der Waals surface area (Å²) in [6, 6.07) is -3.73. The number of nitrogens with one attached hydrogen (secondary N) is 2. The van der Waals surface area contributed by atoms with Crippen LogP contribution in [0.2, 0.25) is 0 Å². The van der Waals surface area contributed by atoms with Crippen LogP contribution in [0.3, 0.4) is 0 Å². The summed E-state index contributed by atoms with van der Waals surface area (Å²) in [5.41, 5.74) is -2.96. The first kappa shape index (κ1) is 32.2. The first-order valence-corrected chi connectivity index (χ1v) is 12.4. The van der Waals surface area contributed by atoms with E-state index in [2.05, 4.69) is 15.4 Å². The van der Waals surface area contributed by atoms with Crippen LogP contribution in [0.1, 0.15) is 58.0 Å². The predicted molar refractivity (Wildman–Crippen MR) is 131 cm³/mol. The third-order valence-electron chi connectivity index (χ3n) is 6.12. The average molecular weight is 599 g/mol. The van der Waals surface area contributed by atoms with Crippen molar-refractivity contribution in [3.05, 3.63) is 29.7 Å². The summed E-state index contributed by atoms with van der Waals surface area (Å²) in [5.74, 6) is 0. The van der Waals surface area contributed by atoms with Gasteiger partial charge in [0.2, 0.25) is 0 Å². The molecule has 2 aromatic rings. The summed E-state index contributed by atoms with van der Waals surface area (Å²) >= 11 is 0. The van der Waals surface area contributed by atoms with E-state index in [1.165, 1.54) is 30.1 Å². The Morgan fingerprint density at radius 2 is 1.80 bits per heavy atom. The summed E-state index contributed by atoms with van der Waals surface area (Å²) < 4.78 is 96.6. The second-order valence-corrected chi connectivity index (χ2v) is 10.9. The maximum absolute atomic E-state index is 13.4. The van der Waals surface area contributed by atoms with E-state index in [1.807, 2.05) is 5.32 Å². The van der Waals surface area contributed by atoms with Gasteiger partial charge in [-0.1, -0.05) is 0 Å². The van der Waals surface area contributed by atoms with Crippen molar-refractivity contribution in [2.24, 2.45) is 0 Å². The number of carbonyl (C=O) groups excluding carboxylic acids is 2. The Labute approximate surface area is 231 Å². The zero-order valence-corrected chi connectivity index (χ0v) is 23.2. The quantitative estimate of drug-likeness (QED) is 0.414. The normalized spacial score (nSPS) is 18.4. The van der Waals surface area contributed by atoms with Gasteiger partial charge in [0.1, 0.15) is 11.6 Å². The van der Waals surface area contributed by atoms with E-state index in [0.29, 0.717) is 5.56 Å². The van der Waals surface area contributed by atoms with Crippen LogP contribution in [0.5, 0.6) is 0 Å². The molecule has 0 saturated carbocycles. The van der Waals surface area contributed by atoms with E-state index >= 15 is 0 Å². The van der Waals surface area contributed by atoms with Crippen LogP contribution in [0.25, 0.3) is 5.65 Å². The van der Waals surface area contributed by atoms with Gasteiger partial charge in [0.15, 0.2) is 11.2 Å². The van der Waals surface area contributed by atoms with Crippen LogP contribution < -0.4 is 10.6 Å². The predicted octanol–water partition coefficient (Wildman–Crippen LogP) is 4.30. The highest BCUT2D eigenvalue weighted by Crippen LogP contribution is 2.34. The maximum atomic E-state index is 13.4. The molecule has 41 heavy (non-hydrogen) atoms. The van der Waals surface area contributed by atoms with Crippen LogP contribution in [0, 0.1) is 0 Å². The molecule has 1 fully saturated rings. The summed E-state index contributed by atoms with van der Waals surface area (Å²) in [6.45, 7) is 5.04. The molecule has 2 N–H and O–H groups in total. The van der Waals surface area contributed by atoms with Gasteiger partial charge in [0.25, 0.3) is 0 Å². The van der Waals surface area contributed by atoms with E-state index in [0.717, 1.165) is 18.7 Å². The van der Waals surface area contributed by atoms with Gasteiger partial charge in [-0.15, -0.1) is 0 Å². The lowest BCUT2D eigenvalue weighted by atomic mass is 10.1. The monoisotopic (exact) mass is 598 g/mol. The Morgan fingerprint density at radius 1 is 1.15 bits per heavy atom. The molecule has 3 rings (SSSR count). The van der Waals surface area contributed by atoms with E-state index in [-0.39, 0.29) is 17.9 Å². The minimum absolute atomic E-state index is 0.0674. The lowest BCUT2D eigenvalue weighted by Crippen LogP contribution is -2.44. The van der Waals surface area contributed by atoms with Crippen molar-refractivity contribution >= 4 is 17.8 Å². The first-order valence-electron chi connectivity index (χ1n) is 12.4. The number of alkyl carbamates (subject to hydrolysis) is 1. The molecule has 11 nitrogen and oxygen atoms in total. The molecule has 0 aromatic carbocycles. The Kier molecular flexibility index (Phi) is 9.03. The van der Waals surface area contributed by atoms with Gasteiger partial charge in [-0.3, -0.25) is 0 Å². The summed E-state index contributed by atoms with van der Waals surface area (Å²) in [4.78, 5) is 30.2. The number of aromatic nitrogens is 3. The van der Waals surface area contributed by atoms with Gasteiger partial charge in [0, 0.05) is 12.7 Å². The molecule has 3 heterocycles.